The maximum absolute atomic E-state index is 11.9. The summed E-state index contributed by atoms with van der Waals surface area (Å²) in [4.78, 5) is 16.1. The van der Waals surface area contributed by atoms with Gasteiger partial charge in [-0.1, -0.05) is 17.7 Å². The highest BCUT2D eigenvalue weighted by Gasteiger charge is 2.08. The molecule has 7 heteroatoms. The van der Waals surface area contributed by atoms with E-state index < -0.39 is 0 Å². The average molecular weight is 294 g/mol. The van der Waals surface area contributed by atoms with Crippen LogP contribution in [0.3, 0.4) is 0 Å². The number of allylic oxidation sites excluding steroid dienone is 1. The van der Waals surface area contributed by atoms with Gasteiger partial charge in [0.2, 0.25) is 0 Å². The fourth-order valence-electron chi connectivity index (χ4n) is 1.79. The lowest BCUT2D eigenvalue weighted by molar-refractivity contribution is 0.652. The second kappa shape index (κ2) is 6.38. The number of aromatic nitrogens is 4. The summed E-state index contributed by atoms with van der Waals surface area (Å²) in [5.74, 6) is 0.960. The van der Waals surface area contributed by atoms with Crippen molar-refractivity contribution in [2.45, 2.75) is 13.0 Å². The van der Waals surface area contributed by atoms with Crippen LogP contribution in [-0.2, 0) is 20.0 Å². The van der Waals surface area contributed by atoms with Crippen molar-refractivity contribution in [2.24, 2.45) is 7.05 Å². The lowest BCUT2D eigenvalue weighted by Crippen LogP contribution is -2.24. The molecule has 0 aliphatic rings. The van der Waals surface area contributed by atoms with Crippen LogP contribution in [-0.4, -0.2) is 25.9 Å². The Kier molecular flexibility index (Phi) is 4.57. The SMILES string of the molecule is C=CCn1ncc(NCCc2nccn2C)c(Cl)c1=O. The molecule has 2 rings (SSSR count). The Morgan fingerprint density at radius 2 is 2.35 bits per heavy atom. The van der Waals surface area contributed by atoms with Crippen molar-refractivity contribution < 1.29 is 0 Å². The fourth-order valence-corrected chi connectivity index (χ4v) is 2.00. The number of hydrogen-bond acceptors (Lipinski definition) is 4. The molecule has 0 aliphatic carbocycles. The number of rotatable bonds is 6. The third-order valence-corrected chi connectivity index (χ3v) is 3.24. The molecule has 0 radical (unpaired) electrons. The zero-order valence-electron chi connectivity index (χ0n) is 11.2. The Balaban J connectivity index is 2.03. The second-order valence-electron chi connectivity index (χ2n) is 4.28. The van der Waals surface area contributed by atoms with E-state index in [0.29, 0.717) is 18.8 Å². The molecule has 20 heavy (non-hydrogen) atoms. The molecule has 0 saturated heterocycles. The Morgan fingerprint density at radius 3 is 3.00 bits per heavy atom. The first-order valence-electron chi connectivity index (χ1n) is 6.20. The standard InChI is InChI=1S/C13H16ClN5O/c1-3-7-19-13(20)12(14)10(9-17-19)15-5-4-11-16-6-8-18(11)2/h3,6,8-9,15H,1,4-5,7H2,2H3. The van der Waals surface area contributed by atoms with E-state index in [0.717, 1.165) is 12.2 Å². The molecule has 0 aromatic carbocycles. The molecule has 0 spiro atoms. The average Bonchev–Trinajstić information content (AvgIpc) is 2.84. The van der Waals surface area contributed by atoms with E-state index in [1.807, 2.05) is 17.8 Å². The third kappa shape index (κ3) is 3.08. The summed E-state index contributed by atoms with van der Waals surface area (Å²) in [5.41, 5.74) is 0.208. The van der Waals surface area contributed by atoms with Gasteiger partial charge in [-0.3, -0.25) is 4.79 Å². The number of anilines is 1. The van der Waals surface area contributed by atoms with Crippen molar-refractivity contribution in [3.8, 4) is 0 Å². The van der Waals surface area contributed by atoms with Gasteiger partial charge in [-0.15, -0.1) is 6.58 Å². The molecule has 0 fully saturated rings. The molecule has 0 atom stereocenters. The first-order chi connectivity index (χ1) is 9.63. The summed E-state index contributed by atoms with van der Waals surface area (Å²) in [5, 5.41) is 7.27. The van der Waals surface area contributed by atoms with Crippen LogP contribution in [0.5, 0.6) is 0 Å². The van der Waals surface area contributed by atoms with Gasteiger partial charge in [-0.25, -0.2) is 9.67 Å². The largest absolute Gasteiger partial charge is 0.382 e. The molecular weight excluding hydrogens is 278 g/mol. The van der Waals surface area contributed by atoms with E-state index >= 15 is 0 Å². The zero-order chi connectivity index (χ0) is 14.5. The van der Waals surface area contributed by atoms with Crippen LogP contribution in [0.15, 0.2) is 36.0 Å². The van der Waals surface area contributed by atoms with Gasteiger partial charge in [0, 0.05) is 32.4 Å². The minimum absolute atomic E-state index is 0.140. The van der Waals surface area contributed by atoms with E-state index in [4.69, 9.17) is 11.6 Å². The van der Waals surface area contributed by atoms with Crippen LogP contribution in [0, 0.1) is 0 Å². The molecule has 2 aromatic rings. The topological polar surface area (TPSA) is 64.7 Å². The van der Waals surface area contributed by atoms with Gasteiger partial charge in [0.15, 0.2) is 0 Å². The minimum atomic E-state index is -0.325. The Hall–Kier alpha value is -2.08. The van der Waals surface area contributed by atoms with Gasteiger partial charge in [-0.05, 0) is 0 Å². The van der Waals surface area contributed by atoms with E-state index in [2.05, 4.69) is 22.0 Å². The molecule has 106 valence electrons. The molecule has 2 heterocycles. The highest BCUT2D eigenvalue weighted by atomic mass is 35.5. The molecule has 1 N–H and O–H groups in total. The van der Waals surface area contributed by atoms with Crippen molar-refractivity contribution in [3.63, 3.8) is 0 Å². The zero-order valence-corrected chi connectivity index (χ0v) is 12.0. The van der Waals surface area contributed by atoms with Gasteiger partial charge >= 0.3 is 0 Å². The Bertz CT molecular complexity index is 661. The molecule has 0 amide bonds. The summed E-state index contributed by atoms with van der Waals surface area (Å²) >= 11 is 6.04. The molecule has 2 aromatic heterocycles. The number of nitrogens with one attached hydrogen (secondary N) is 1. The highest BCUT2D eigenvalue weighted by Crippen LogP contribution is 2.15. The number of aryl methyl sites for hydroxylation is 1. The number of imidazole rings is 1. The smallest absolute Gasteiger partial charge is 0.287 e. The van der Waals surface area contributed by atoms with Gasteiger partial charge in [-0.2, -0.15) is 5.10 Å². The first-order valence-corrected chi connectivity index (χ1v) is 6.58. The monoisotopic (exact) mass is 293 g/mol. The van der Waals surface area contributed by atoms with Crippen molar-refractivity contribution in [1.29, 1.82) is 0 Å². The van der Waals surface area contributed by atoms with Gasteiger partial charge < -0.3 is 9.88 Å². The Morgan fingerprint density at radius 1 is 1.55 bits per heavy atom. The lowest BCUT2D eigenvalue weighted by Gasteiger charge is -2.09. The molecule has 0 saturated carbocycles. The molecular formula is C13H16ClN5O. The highest BCUT2D eigenvalue weighted by molar-refractivity contribution is 6.32. The van der Waals surface area contributed by atoms with E-state index in [1.54, 1.807) is 18.5 Å². The van der Waals surface area contributed by atoms with E-state index in [1.165, 1.54) is 4.68 Å². The van der Waals surface area contributed by atoms with Crippen LogP contribution in [0.4, 0.5) is 5.69 Å². The number of nitrogens with zero attached hydrogens (tertiary/aromatic N) is 4. The molecule has 0 aliphatic heterocycles. The summed E-state index contributed by atoms with van der Waals surface area (Å²) in [6.07, 6.45) is 7.51. The van der Waals surface area contributed by atoms with Crippen LogP contribution in [0.1, 0.15) is 5.82 Å². The van der Waals surface area contributed by atoms with Gasteiger partial charge in [0.05, 0.1) is 18.4 Å². The number of hydrogen-bond donors (Lipinski definition) is 1. The van der Waals surface area contributed by atoms with Crippen molar-refractivity contribution in [1.82, 2.24) is 19.3 Å². The predicted octanol–water partition coefficient (Wildman–Crippen LogP) is 1.47. The summed E-state index contributed by atoms with van der Waals surface area (Å²) in [7, 11) is 1.94. The molecule has 6 nitrogen and oxygen atoms in total. The summed E-state index contributed by atoms with van der Waals surface area (Å²) in [6, 6.07) is 0. The minimum Gasteiger partial charge on any atom is -0.382 e. The number of halogens is 1. The fraction of sp³-hybridized carbons (Fsp3) is 0.308. The predicted molar refractivity (Wildman–Crippen MR) is 79.1 cm³/mol. The quantitative estimate of drug-likeness (QED) is 0.819. The third-order valence-electron chi connectivity index (χ3n) is 2.87. The van der Waals surface area contributed by atoms with Crippen LogP contribution in [0.25, 0.3) is 0 Å². The summed E-state index contributed by atoms with van der Waals surface area (Å²) in [6.45, 7) is 4.53. The maximum Gasteiger partial charge on any atom is 0.287 e. The molecule has 0 bridgehead atoms. The summed E-state index contributed by atoms with van der Waals surface area (Å²) < 4.78 is 3.21. The van der Waals surface area contributed by atoms with Crippen LogP contribution in [0.2, 0.25) is 5.02 Å². The van der Waals surface area contributed by atoms with Crippen LogP contribution >= 0.6 is 11.6 Å². The first kappa shape index (κ1) is 14.3. The van der Waals surface area contributed by atoms with E-state index in [-0.39, 0.29) is 10.6 Å². The van der Waals surface area contributed by atoms with Crippen molar-refractivity contribution >= 4 is 17.3 Å². The Labute approximate surface area is 121 Å². The van der Waals surface area contributed by atoms with Gasteiger partial charge in [0.25, 0.3) is 5.56 Å². The molecule has 0 unspecified atom stereocenters. The van der Waals surface area contributed by atoms with Gasteiger partial charge in [0.1, 0.15) is 10.8 Å². The van der Waals surface area contributed by atoms with E-state index in [9.17, 15) is 4.79 Å². The van der Waals surface area contributed by atoms with Crippen molar-refractivity contribution in [3.05, 3.63) is 52.4 Å². The van der Waals surface area contributed by atoms with Crippen molar-refractivity contribution in [2.75, 3.05) is 11.9 Å². The maximum atomic E-state index is 11.9. The van der Waals surface area contributed by atoms with Crippen LogP contribution < -0.4 is 10.9 Å². The second-order valence-corrected chi connectivity index (χ2v) is 4.66. The lowest BCUT2D eigenvalue weighted by atomic mass is 10.3. The normalized spacial score (nSPS) is 10.5.